The van der Waals surface area contributed by atoms with Crippen LogP contribution in [-0.2, 0) is 4.79 Å². The van der Waals surface area contributed by atoms with Gasteiger partial charge in [0.2, 0.25) is 0 Å². The number of aldehydes is 1. The summed E-state index contributed by atoms with van der Waals surface area (Å²) in [5.41, 5.74) is 0.0163. The van der Waals surface area contributed by atoms with Crippen LogP contribution in [0.2, 0.25) is 0 Å². The lowest BCUT2D eigenvalue weighted by atomic mass is 9.92. The molecule has 36 heavy (non-hydrogen) atoms. The molecule has 1 aromatic heterocycles. The predicted molar refractivity (Wildman–Crippen MR) is 135 cm³/mol. The lowest BCUT2D eigenvalue weighted by Gasteiger charge is -2.35. The van der Waals surface area contributed by atoms with Crippen LogP contribution in [0.3, 0.4) is 0 Å². The van der Waals surface area contributed by atoms with Crippen molar-refractivity contribution in [2.75, 3.05) is 52.3 Å². The Bertz CT molecular complexity index is 1010. The van der Waals surface area contributed by atoms with Crippen LogP contribution < -0.4 is 14.4 Å². The number of methoxy groups -OCH3 is 2. The molecule has 1 fully saturated rings. The molecule has 2 aromatic rings. The van der Waals surface area contributed by atoms with E-state index in [1.807, 2.05) is 19.9 Å². The number of carbonyl (C=O) groups is 1. The van der Waals surface area contributed by atoms with Crippen LogP contribution in [0.4, 0.5) is 14.6 Å². The summed E-state index contributed by atoms with van der Waals surface area (Å²) < 4.78 is 40.0. The Hall–Kier alpha value is -2.78. The summed E-state index contributed by atoms with van der Waals surface area (Å²) in [6.45, 7) is 6.14. The largest absolute Gasteiger partial charge is 0.497 e. The molecule has 1 aliphatic heterocycles. The summed E-state index contributed by atoms with van der Waals surface area (Å²) in [6, 6.07) is 5.97. The van der Waals surface area contributed by atoms with Gasteiger partial charge in [-0.05, 0) is 39.8 Å². The first-order valence-electron chi connectivity index (χ1n) is 12.2. The highest BCUT2D eigenvalue weighted by Crippen LogP contribution is 2.34. The minimum absolute atomic E-state index is 0.0407. The fraction of sp³-hybridized carbons (Fsp3) is 0.556. The number of likely N-dealkylation sites (N-methyl/N-ethyl adjacent to an activating group) is 1. The molecule has 2 heterocycles. The van der Waals surface area contributed by atoms with Gasteiger partial charge in [-0.2, -0.15) is 0 Å². The van der Waals surface area contributed by atoms with Gasteiger partial charge >= 0.3 is 0 Å². The van der Waals surface area contributed by atoms with E-state index in [9.17, 15) is 18.7 Å². The zero-order valence-electron chi connectivity index (χ0n) is 21.8. The van der Waals surface area contributed by atoms with Crippen molar-refractivity contribution in [3.05, 3.63) is 47.2 Å². The molecule has 9 heteroatoms. The van der Waals surface area contributed by atoms with Crippen LogP contribution in [0.25, 0.3) is 0 Å². The Labute approximate surface area is 212 Å². The Balaban J connectivity index is 1.81. The van der Waals surface area contributed by atoms with Crippen LogP contribution in [-0.4, -0.2) is 74.3 Å². The van der Waals surface area contributed by atoms with E-state index < -0.39 is 23.2 Å². The molecular formula is C27H37F2N3O4. The first kappa shape index (κ1) is 27.8. The third kappa shape index (κ3) is 7.13. The van der Waals surface area contributed by atoms with Gasteiger partial charge in [0.05, 0.1) is 19.8 Å². The van der Waals surface area contributed by atoms with Crippen molar-refractivity contribution >= 4 is 12.1 Å². The number of nitrogens with zero attached hydrogens (tertiary/aromatic N) is 3. The van der Waals surface area contributed by atoms with Crippen LogP contribution in [0.5, 0.6) is 11.5 Å². The number of carbonyl (C=O) groups excluding carboxylic acids is 1. The van der Waals surface area contributed by atoms with Crippen LogP contribution >= 0.6 is 0 Å². The maximum Gasteiger partial charge on any atom is 0.133 e. The van der Waals surface area contributed by atoms with Crippen molar-refractivity contribution in [1.82, 2.24) is 9.88 Å². The van der Waals surface area contributed by atoms with Crippen LogP contribution in [0, 0.1) is 11.6 Å². The number of aliphatic hydroxyl groups is 1. The lowest BCUT2D eigenvalue weighted by molar-refractivity contribution is -0.108. The van der Waals surface area contributed by atoms with E-state index >= 15 is 0 Å². The molecule has 0 amide bonds. The fourth-order valence-corrected chi connectivity index (χ4v) is 4.86. The second-order valence-electron chi connectivity index (χ2n) is 10.1. The first-order chi connectivity index (χ1) is 17.0. The fourth-order valence-electron chi connectivity index (χ4n) is 4.86. The van der Waals surface area contributed by atoms with E-state index in [-0.39, 0.29) is 30.2 Å². The van der Waals surface area contributed by atoms with E-state index in [2.05, 4.69) is 4.90 Å². The monoisotopic (exact) mass is 505 g/mol. The highest BCUT2D eigenvalue weighted by Gasteiger charge is 2.27. The Morgan fingerprint density at radius 3 is 2.25 bits per heavy atom. The number of β-amino-alcohol motifs (C(OH)–C–C–N with tert-alkyl or cyclic N) is 1. The van der Waals surface area contributed by atoms with Crippen molar-refractivity contribution in [3.63, 3.8) is 0 Å². The number of likely N-dealkylation sites (tertiary alicyclic amines) is 1. The molecule has 1 atom stereocenters. The highest BCUT2D eigenvalue weighted by molar-refractivity contribution is 5.53. The molecule has 1 N–H and O–H groups in total. The van der Waals surface area contributed by atoms with Crippen molar-refractivity contribution in [2.24, 2.45) is 0 Å². The molecule has 0 bridgehead atoms. The van der Waals surface area contributed by atoms with E-state index in [0.29, 0.717) is 24.4 Å². The maximum absolute atomic E-state index is 14.8. The average molecular weight is 506 g/mol. The summed E-state index contributed by atoms with van der Waals surface area (Å²) in [5.74, 6) is -0.636. The Morgan fingerprint density at radius 2 is 1.72 bits per heavy atom. The van der Waals surface area contributed by atoms with Crippen molar-refractivity contribution in [3.8, 4) is 11.5 Å². The molecular weight excluding hydrogens is 468 g/mol. The molecule has 1 aliphatic rings. The summed E-state index contributed by atoms with van der Waals surface area (Å²) in [6.07, 6.45) is 2.43. The van der Waals surface area contributed by atoms with Crippen LogP contribution in [0.15, 0.2) is 24.3 Å². The SMILES string of the molecule is COc1cc(C2CCN(CC(C)(C)O)CC2)nc(N(C)CC(CC=O)c2c(F)cc(OC)cc2F)c1. The Morgan fingerprint density at radius 1 is 1.14 bits per heavy atom. The zero-order chi connectivity index (χ0) is 26.5. The van der Waals surface area contributed by atoms with Crippen molar-refractivity contribution in [2.45, 2.75) is 50.5 Å². The zero-order valence-corrected chi connectivity index (χ0v) is 21.8. The number of aromatic nitrogens is 1. The summed E-state index contributed by atoms with van der Waals surface area (Å²) in [4.78, 5) is 20.3. The Kier molecular flexibility index (Phi) is 9.24. The van der Waals surface area contributed by atoms with Gasteiger partial charge in [0.1, 0.15) is 35.2 Å². The van der Waals surface area contributed by atoms with Gasteiger partial charge in [-0.1, -0.05) is 0 Å². The number of rotatable bonds is 11. The topological polar surface area (TPSA) is 75.1 Å². The minimum Gasteiger partial charge on any atom is -0.497 e. The normalized spacial score (nSPS) is 16.0. The highest BCUT2D eigenvalue weighted by atomic mass is 19.1. The molecule has 7 nitrogen and oxygen atoms in total. The van der Waals surface area contributed by atoms with Gasteiger partial charge in [0, 0.05) is 73.9 Å². The summed E-state index contributed by atoms with van der Waals surface area (Å²) in [7, 11) is 4.72. The molecule has 0 spiro atoms. The van der Waals surface area contributed by atoms with Crippen LogP contribution in [0.1, 0.15) is 56.2 Å². The van der Waals surface area contributed by atoms with Crippen molar-refractivity contribution in [1.29, 1.82) is 0 Å². The number of hydrogen-bond acceptors (Lipinski definition) is 7. The average Bonchev–Trinajstić information content (AvgIpc) is 2.82. The second-order valence-corrected chi connectivity index (χ2v) is 10.1. The number of anilines is 1. The van der Waals surface area contributed by atoms with Gasteiger partial charge < -0.3 is 29.2 Å². The standard InChI is InChI=1S/C27H37F2N3O4/c1-27(2,34)17-32-9-6-18(7-10-32)24-14-21(36-5)15-25(30-24)31(3)16-19(8-11-33)26-22(28)12-20(35-4)13-23(26)29/h11-15,18-19,34H,6-10,16-17H2,1-5H3. The second kappa shape index (κ2) is 12.0. The third-order valence-electron chi connectivity index (χ3n) is 6.62. The molecule has 1 aromatic carbocycles. The molecule has 1 unspecified atom stereocenters. The smallest absolute Gasteiger partial charge is 0.133 e. The number of pyridine rings is 1. The maximum atomic E-state index is 14.8. The number of hydrogen-bond donors (Lipinski definition) is 1. The molecule has 3 rings (SSSR count). The number of piperidine rings is 1. The lowest BCUT2D eigenvalue weighted by Crippen LogP contribution is -2.42. The molecule has 198 valence electrons. The molecule has 0 radical (unpaired) electrons. The molecule has 1 saturated heterocycles. The van der Waals surface area contributed by atoms with Gasteiger partial charge in [-0.3, -0.25) is 0 Å². The number of ether oxygens (including phenoxy) is 2. The first-order valence-corrected chi connectivity index (χ1v) is 12.2. The predicted octanol–water partition coefficient (Wildman–Crippen LogP) is 4.14. The van der Waals surface area contributed by atoms with E-state index in [4.69, 9.17) is 14.5 Å². The number of halogens is 2. The number of benzene rings is 1. The van der Waals surface area contributed by atoms with Crippen molar-refractivity contribution < 1.29 is 28.2 Å². The van der Waals surface area contributed by atoms with E-state index in [1.54, 1.807) is 25.1 Å². The van der Waals surface area contributed by atoms with Gasteiger partial charge in [-0.15, -0.1) is 0 Å². The van der Waals surface area contributed by atoms with Gasteiger partial charge in [-0.25, -0.2) is 13.8 Å². The van der Waals surface area contributed by atoms with E-state index in [0.717, 1.165) is 43.8 Å². The summed E-state index contributed by atoms with van der Waals surface area (Å²) in [5, 5.41) is 10.1. The van der Waals surface area contributed by atoms with Gasteiger partial charge in [0.25, 0.3) is 0 Å². The molecule has 0 saturated carbocycles. The summed E-state index contributed by atoms with van der Waals surface area (Å²) >= 11 is 0. The quantitative estimate of drug-likeness (QED) is 0.460. The van der Waals surface area contributed by atoms with Gasteiger partial charge in [0.15, 0.2) is 0 Å². The minimum atomic E-state index is -0.746. The third-order valence-corrected chi connectivity index (χ3v) is 6.62. The molecule has 0 aliphatic carbocycles. The van der Waals surface area contributed by atoms with E-state index in [1.165, 1.54) is 7.11 Å².